The quantitative estimate of drug-likeness (QED) is 0.134. The van der Waals surface area contributed by atoms with Crippen molar-refractivity contribution < 1.29 is 18.3 Å². The van der Waals surface area contributed by atoms with Crippen LogP contribution in [-0.4, -0.2) is 33.1 Å². The van der Waals surface area contributed by atoms with Gasteiger partial charge >= 0.3 is 0 Å². The van der Waals surface area contributed by atoms with Crippen LogP contribution >= 0.6 is 0 Å². The molecular formula is C31H25BF3N5O2-. The van der Waals surface area contributed by atoms with Crippen LogP contribution in [0.3, 0.4) is 0 Å². The average molecular weight is 567 g/mol. The Morgan fingerprint density at radius 2 is 1.71 bits per heavy atom. The van der Waals surface area contributed by atoms with Crippen molar-refractivity contribution >= 4 is 30.2 Å². The number of fused-ring (bicyclic) bond motifs is 1. The Morgan fingerprint density at radius 3 is 2.36 bits per heavy atom. The highest BCUT2D eigenvalue weighted by Gasteiger charge is 2.27. The number of halogens is 3. The highest BCUT2D eigenvalue weighted by atomic mass is 19.1. The zero-order valence-electron chi connectivity index (χ0n) is 22.7. The fourth-order valence-electron chi connectivity index (χ4n) is 5.07. The number of benzene rings is 3. The first-order valence-corrected chi connectivity index (χ1v) is 13.1. The van der Waals surface area contributed by atoms with E-state index in [0.29, 0.717) is 5.56 Å². The molecule has 11 heteroatoms. The van der Waals surface area contributed by atoms with Crippen LogP contribution in [0.1, 0.15) is 36.7 Å². The van der Waals surface area contributed by atoms with Gasteiger partial charge in [0.1, 0.15) is 29.0 Å². The Hall–Kier alpha value is -4.93. The van der Waals surface area contributed by atoms with Gasteiger partial charge in [0, 0.05) is 23.1 Å². The number of phenols is 1. The van der Waals surface area contributed by atoms with Gasteiger partial charge in [-0.25, -0.2) is 28.8 Å². The van der Waals surface area contributed by atoms with Crippen molar-refractivity contribution in [3.63, 3.8) is 0 Å². The monoisotopic (exact) mass is 567 g/mol. The Balaban J connectivity index is 1.83. The molecule has 4 N–H and O–H groups in total. The van der Waals surface area contributed by atoms with Crippen LogP contribution in [0.4, 0.5) is 18.9 Å². The standard InChI is InChI=1S/C31H25BF3N5O2/c1-15(2)21(13-16-11-17(33)14-18(34)12-16)30-39-29-20(7-8-23(38-29)19-5-3-4-6-22(19)35)31(42)40(30)24-9-10-25(41)26(27(24)36)28(32)37/h3-12,14-15,21,37,41H,13,36H2,1-2H3/q-1. The fourth-order valence-corrected chi connectivity index (χ4v) is 5.07. The lowest BCUT2D eigenvalue weighted by atomic mass is 9.87. The average Bonchev–Trinajstić information content (AvgIpc) is 2.91. The Morgan fingerprint density at radius 1 is 1.02 bits per heavy atom. The summed E-state index contributed by atoms with van der Waals surface area (Å²) in [4.78, 5) is 23.4. The summed E-state index contributed by atoms with van der Waals surface area (Å²) in [6, 6.07) is 14.9. The summed E-state index contributed by atoms with van der Waals surface area (Å²) < 4.78 is 44.1. The summed E-state index contributed by atoms with van der Waals surface area (Å²) in [5, 5.41) is 18.3. The minimum Gasteiger partial charge on any atom is -0.553 e. The number of pyridine rings is 1. The molecule has 2 heterocycles. The number of aromatic nitrogens is 3. The van der Waals surface area contributed by atoms with E-state index in [1.54, 1.807) is 18.2 Å². The zero-order valence-corrected chi connectivity index (χ0v) is 22.7. The van der Waals surface area contributed by atoms with Gasteiger partial charge in [-0.15, -0.1) is 0 Å². The summed E-state index contributed by atoms with van der Waals surface area (Å²) in [7, 11) is 5.68. The number of aromatic hydroxyl groups is 1. The van der Waals surface area contributed by atoms with Gasteiger partial charge in [0.05, 0.1) is 22.5 Å². The number of nitrogens with two attached hydrogens (primary N) is 1. The molecule has 0 bridgehead atoms. The van der Waals surface area contributed by atoms with Crippen LogP contribution < -0.4 is 11.3 Å². The van der Waals surface area contributed by atoms with E-state index in [1.807, 2.05) is 13.8 Å². The third-order valence-corrected chi connectivity index (χ3v) is 7.13. The van der Waals surface area contributed by atoms with Crippen LogP contribution in [0.2, 0.25) is 0 Å². The maximum atomic E-state index is 14.6. The lowest BCUT2D eigenvalue weighted by molar-refractivity contribution is 0.459. The molecule has 0 fully saturated rings. The van der Waals surface area contributed by atoms with Crippen molar-refractivity contribution in [3.8, 4) is 22.7 Å². The molecule has 211 valence electrons. The van der Waals surface area contributed by atoms with Crippen LogP contribution in [0.5, 0.6) is 5.75 Å². The summed E-state index contributed by atoms with van der Waals surface area (Å²) in [5.41, 5.74) is 5.92. The van der Waals surface area contributed by atoms with Crippen LogP contribution in [0.25, 0.3) is 28.0 Å². The number of rotatable bonds is 7. The Labute approximate surface area is 240 Å². The molecule has 0 aliphatic heterocycles. The minimum absolute atomic E-state index is 0.0345. The number of hydrogen-bond donors (Lipinski definition) is 3. The second kappa shape index (κ2) is 11.2. The minimum atomic E-state index is -0.749. The maximum Gasteiger partial charge on any atom is 0.267 e. The molecule has 0 aliphatic carbocycles. The van der Waals surface area contributed by atoms with Gasteiger partial charge in [-0.1, -0.05) is 26.0 Å². The number of phenolic OH excluding ortho intramolecular Hbond substituents is 1. The topological polar surface area (TPSA) is 118 Å². The molecule has 1 atom stereocenters. The third-order valence-electron chi connectivity index (χ3n) is 7.13. The van der Waals surface area contributed by atoms with Gasteiger partial charge in [0.15, 0.2) is 5.65 Å². The van der Waals surface area contributed by atoms with E-state index in [4.69, 9.17) is 24.0 Å². The first-order valence-electron chi connectivity index (χ1n) is 13.1. The molecule has 0 spiro atoms. The summed E-state index contributed by atoms with van der Waals surface area (Å²) in [5.74, 6) is -3.00. The number of hydrogen-bond acceptors (Lipinski definition) is 6. The second-order valence-corrected chi connectivity index (χ2v) is 10.3. The zero-order chi connectivity index (χ0) is 30.3. The predicted molar refractivity (Wildman–Crippen MR) is 157 cm³/mol. The largest absolute Gasteiger partial charge is 0.553 e. The lowest BCUT2D eigenvalue weighted by Gasteiger charge is -2.26. The van der Waals surface area contributed by atoms with E-state index in [1.165, 1.54) is 47.0 Å². The SMILES string of the molecule is [B-]C(=N)c1c(O)ccc(-n2c(C(Cc3cc(F)cc(F)c3)C(C)C)nc3nc(-c4ccccc4F)ccc3c2=O)c1N. The highest BCUT2D eigenvalue weighted by Crippen LogP contribution is 2.34. The molecule has 7 nitrogen and oxygen atoms in total. The molecule has 0 saturated heterocycles. The molecular weight excluding hydrogens is 542 g/mol. The number of nitrogens with zero attached hydrogens (tertiary/aromatic N) is 3. The van der Waals surface area contributed by atoms with Crippen molar-refractivity contribution in [2.45, 2.75) is 26.2 Å². The van der Waals surface area contributed by atoms with E-state index in [0.717, 1.165) is 6.07 Å². The van der Waals surface area contributed by atoms with Crippen LogP contribution in [0.15, 0.2) is 71.5 Å². The molecule has 5 aromatic rings. The molecule has 3 aromatic carbocycles. The first-order chi connectivity index (χ1) is 20.0. The van der Waals surface area contributed by atoms with E-state index in [9.17, 15) is 23.1 Å². The van der Waals surface area contributed by atoms with Gasteiger partial charge in [-0.05, 0) is 66.4 Å². The number of nitrogen functional groups attached to an aromatic ring is 1. The van der Waals surface area contributed by atoms with E-state index >= 15 is 0 Å². The van der Waals surface area contributed by atoms with Gasteiger partial charge in [-0.2, -0.15) is 0 Å². The Bertz CT molecular complexity index is 1910. The Kier molecular flexibility index (Phi) is 7.60. The van der Waals surface area contributed by atoms with Crippen molar-refractivity contribution in [2.75, 3.05) is 5.73 Å². The fraction of sp³-hybridized carbons (Fsp3) is 0.161. The second-order valence-electron chi connectivity index (χ2n) is 10.3. The normalized spacial score (nSPS) is 12.2. The molecule has 5 rings (SSSR count). The van der Waals surface area contributed by atoms with Crippen molar-refractivity contribution in [1.29, 1.82) is 5.41 Å². The van der Waals surface area contributed by atoms with Gasteiger partial charge in [0.25, 0.3) is 5.56 Å². The molecule has 0 amide bonds. The lowest BCUT2D eigenvalue weighted by Crippen LogP contribution is -2.29. The van der Waals surface area contributed by atoms with Crippen molar-refractivity contribution in [2.24, 2.45) is 5.92 Å². The molecule has 0 aliphatic rings. The number of anilines is 1. The maximum absolute atomic E-state index is 14.6. The molecule has 0 saturated carbocycles. The van der Waals surface area contributed by atoms with E-state index < -0.39 is 34.5 Å². The summed E-state index contributed by atoms with van der Waals surface area (Å²) >= 11 is 0. The van der Waals surface area contributed by atoms with Gasteiger partial charge in [-0.3, -0.25) is 9.36 Å². The predicted octanol–water partition coefficient (Wildman–Crippen LogP) is 5.63. The van der Waals surface area contributed by atoms with E-state index in [-0.39, 0.29) is 63.1 Å². The van der Waals surface area contributed by atoms with Crippen molar-refractivity contribution in [1.82, 2.24) is 14.5 Å². The van der Waals surface area contributed by atoms with Crippen molar-refractivity contribution in [3.05, 3.63) is 111 Å². The highest BCUT2D eigenvalue weighted by molar-refractivity contribution is 6.64. The smallest absolute Gasteiger partial charge is 0.267 e. The van der Waals surface area contributed by atoms with Crippen LogP contribution in [-0.2, 0) is 6.42 Å². The first kappa shape index (κ1) is 28.6. The summed E-state index contributed by atoms with van der Waals surface area (Å²) in [6.45, 7) is 3.73. The van der Waals surface area contributed by atoms with Gasteiger partial charge < -0.3 is 24.1 Å². The molecule has 3 radical (unpaired) electrons. The van der Waals surface area contributed by atoms with Gasteiger partial charge in [0.2, 0.25) is 0 Å². The summed E-state index contributed by atoms with van der Waals surface area (Å²) in [6.07, 6.45) is 0.0921. The third kappa shape index (κ3) is 5.25. The van der Waals surface area contributed by atoms with Crippen LogP contribution in [0, 0.1) is 28.8 Å². The molecule has 1 unspecified atom stereocenters. The van der Waals surface area contributed by atoms with E-state index in [2.05, 4.69) is 4.98 Å². The molecule has 42 heavy (non-hydrogen) atoms. The number of nitrogens with one attached hydrogen (secondary N) is 1. The molecule has 2 aromatic heterocycles.